The summed E-state index contributed by atoms with van der Waals surface area (Å²) in [4.78, 5) is 10.2. The maximum atomic E-state index is 5.99. The number of aliphatic imine (C=N–C) groups is 1. The molecule has 1 aromatic heterocycles. The zero-order chi connectivity index (χ0) is 16.7. The van der Waals surface area contributed by atoms with E-state index in [-0.39, 0.29) is 24.0 Å². The van der Waals surface area contributed by atoms with Crippen molar-refractivity contribution in [3.05, 3.63) is 21.3 Å². The van der Waals surface area contributed by atoms with E-state index >= 15 is 0 Å². The molecule has 2 heterocycles. The Balaban J connectivity index is 0.00000288. The first-order valence-electron chi connectivity index (χ1n) is 8.04. The molecule has 8 heteroatoms. The van der Waals surface area contributed by atoms with Gasteiger partial charge in [-0.25, -0.2) is 0 Å². The van der Waals surface area contributed by atoms with Crippen molar-refractivity contribution >= 4 is 52.9 Å². The third-order valence-electron chi connectivity index (χ3n) is 3.88. The Morgan fingerprint density at radius 1 is 1.46 bits per heavy atom. The number of rotatable bonds is 6. The molecule has 1 aliphatic rings. The highest BCUT2D eigenvalue weighted by Crippen LogP contribution is 2.22. The van der Waals surface area contributed by atoms with E-state index in [2.05, 4.69) is 40.1 Å². The van der Waals surface area contributed by atoms with Gasteiger partial charge >= 0.3 is 0 Å². The molecular formula is C16H28ClIN4OS. The summed E-state index contributed by atoms with van der Waals surface area (Å²) in [5, 5.41) is 3.48. The lowest BCUT2D eigenvalue weighted by molar-refractivity contribution is 0.0320. The van der Waals surface area contributed by atoms with Crippen molar-refractivity contribution in [2.24, 2.45) is 10.9 Å². The smallest absolute Gasteiger partial charge is 0.193 e. The minimum Gasteiger partial charge on any atom is -0.379 e. The average molecular weight is 487 g/mol. The molecule has 1 saturated heterocycles. The fourth-order valence-electron chi connectivity index (χ4n) is 2.68. The summed E-state index contributed by atoms with van der Waals surface area (Å²) in [6.07, 6.45) is 0. The highest BCUT2D eigenvalue weighted by atomic mass is 127. The summed E-state index contributed by atoms with van der Waals surface area (Å²) < 4.78 is 6.22. The Morgan fingerprint density at radius 2 is 2.17 bits per heavy atom. The van der Waals surface area contributed by atoms with Gasteiger partial charge in [-0.3, -0.25) is 9.89 Å². The second kappa shape index (κ2) is 11.5. The zero-order valence-corrected chi connectivity index (χ0v) is 18.5. The van der Waals surface area contributed by atoms with Crippen LogP contribution in [0.2, 0.25) is 4.34 Å². The van der Waals surface area contributed by atoms with Gasteiger partial charge in [-0.2, -0.15) is 0 Å². The number of nitrogens with zero attached hydrogens (tertiary/aromatic N) is 3. The number of nitrogens with one attached hydrogen (secondary N) is 1. The highest BCUT2D eigenvalue weighted by Gasteiger charge is 2.15. The van der Waals surface area contributed by atoms with Crippen LogP contribution in [0.1, 0.15) is 11.8 Å². The maximum absolute atomic E-state index is 5.99. The SMILES string of the molecule is CN=C(NCC(C)CN1CCOCC1)N(C)Cc1ccc(Cl)s1.I. The van der Waals surface area contributed by atoms with Crippen LogP contribution in [-0.2, 0) is 11.3 Å². The number of morpholine rings is 1. The quantitative estimate of drug-likeness (QED) is 0.381. The Labute approximate surface area is 171 Å². The molecule has 24 heavy (non-hydrogen) atoms. The first-order valence-corrected chi connectivity index (χ1v) is 9.24. The van der Waals surface area contributed by atoms with Gasteiger partial charge in [0.05, 0.1) is 24.1 Å². The lowest BCUT2D eigenvalue weighted by Crippen LogP contribution is -2.44. The van der Waals surface area contributed by atoms with Crippen molar-refractivity contribution in [2.75, 3.05) is 53.5 Å². The van der Waals surface area contributed by atoms with Crippen LogP contribution < -0.4 is 5.32 Å². The predicted molar refractivity (Wildman–Crippen MR) is 114 cm³/mol. The van der Waals surface area contributed by atoms with Gasteiger partial charge in [-0.05, 0) is 18.1 Å². The summed E-state index contributed by atoms with van der Waals surface area (Å²) in [6, 6.07) is 4.01. The van der Waals surface area contributed by atoms with Gasteiger partial charge in [0, 0.05) is 45.2 Å². The number of halogens is 2. The van der Waals surface area contributed by atoms with Crippen LogP contribution in [0.15, 0.2) is 17.1 Å². The fraction of sp³-hybridized carbons (Fsp3) is 0.688. The molecule has 1 aliphatic heterocycles. The van der Waals surface area contributed by atoms with Crippen LogP contribution in [0.3, 0.4) is 0 Å². The molecule has 1 unspecified atom stereocenters. The standard InChI is InChI=1S/C16H27ClN4OS.HI/c1-13(11-21-6-8-22-9-7-21)10-19-16(18-2)20(3)12-14-4-5-15(17)23-14;/h4-5,13H,6-12H2,1-3H3,(H,18,19);1H. The highest BCUT2D eigenvalue weighted by molar-refractivity contribution is 14.0. The molecule has 0 saturated carbocycles. The molecular weight excluding hydrogens is 459 g/mol. The van der Waals surface area contributed by atoms with Crippen LogP contribution in [-0.4, -0.2) is 69.2 Å². The van der Waals surface area contributed by atoms with Crippen molar-refractivity contribution in [1.82, 2.24) is 15.1 Å². The number of guanidine groups is 1. The van der Waals surface area contributed by atoms with Crippen molar-refractivity contribution in [3.8, 4) is 0 Å². The molecule has 0 spiro atoms. The lowest BCUT2D eigenvalue weighted by atomic mass is 10.1. The van der Waals surface area contributed by atoms with Crippen LogP contribution in [0.4, 0.5) is 0 Å². The fourth-order valence-corrected chi connectivity index (χ4v) is 3.83. The number of thiophene rings is 1. The molecule has 1 aromatic rings. The van der Waals surface area contributed by atoms with Gasteiger partial charge in [0.15, 0.2) is 5.96 Å². The summed E-state index contributed by atoms with van der Waals surface area (Å²) in [6.45, 7) is 8.89. The predicted octanol–water partition coefficient (Wildman–Crippen LogP) is 3.00. The minimum absolute atomic E-state index is 0. The number of hydrogen-bond acceptors (Lipinski definition) is 4. The first kappa shape index (κ1) is 22.0. The molecule has 0 amide bonds. The molecule has 0 bridgehead atoms. The molecule has 0 radical (unpaired) electrons. The van der Waals surface area contributed by atoms with Gasteiger partial charge in [0.25, 0.3) is 0 Å². The third-order valence-corrected chi connectivity index (χ3v) is 5.09. The van der Waals surface area contributed by atoms with Crippen molar-refractivity contribution in [2.45, 2.75) is 13.5 Å². The topological polar surface area (TPSA) is 40.1 Å². The van der Waals surface area contributed by atoms with Crippen molar-refractivity contribution in [3.63, 3.8) is 0 Å². The van der Waals surface area contributed by atoms with E-state index in [4.69, 9.17) is 16.3 Å². The van der Waals surface area contributed by atoms with E-state index in [0.29, 0.717) is 5.92 Å². The normalized spacial score (nSPS) is 17.2. The van der Waals surface area contributed by atoms with E-state index in [1.807, 2.05) is 13.1 Å². The molecule has 1 N–H and O–H groups in total. The zero-order valence-electron chi connectivity index (χ0n) is 14.6. The second-order valence-corrected chi connectivity index (χ2v) is 7.81. The maximum Gasteiger partial charge on any atom is 0.193 e. The third kappa shape index (κ3) is 7.43. The van der Waals surface area contributed by atoms with Crippen LogP contribution in [0.5, 0.6) is 0 Å². The van der Waals surface area contributed by atoms with E-state index in [0.717, 1.165) is 56.2 Å². The van der Waals surface area contributed by atoms with Crippen molar-refractivity contribution < 1.29 is 4.74 Å². The Kier molecular flexibility index (Phi) is 10.5. The van der Waals surface area contributed by atoms with Gasteiger partial charge < -0.3 is 15.0 Å². The molecule has 0 aromatic carbocycles. The number of hydrogen-bond donors (Lipinski definition) is 1. The van der Waals surface area contributed by atoms with E-state index < -0.39 is 0 Å². The van der Waals surface area contributed by atoms with E-state index in [1.165, 1.54) is 4.88 Å². The minimum atomic E-state index is 0. The van der Waals surface area contributed by atoms with Crippen LogP contribution in [0, 0.1) is 5.92 Å². The largest absolute Gasteiger partial charge is 0.379 e. The monoisotopic (exact) mass is 486 g/mol. The first-order chi connectivity index (χ1) is 11.1. The Morgan fingerprint density at radius 3 is 2.75 bits per heavy atom. The summed E-state index contributed by atoms with van der Waals surface area (Å²) in [5.41, 5.74) is 0. The number of ether oxygens (including phenoxy) is 1. The molecule has 2 rings (SSSR count). The van der Waals surface area contributed by atoms with Gasteiger partial charge in [0.2, 0.25) is 0 Å². The molecule has 0 aliphatic carbocycles. The molecule has 138 valence electrons. The van der Waals surface area contributed by atoms with Crippen LogP contribution >= 0.6 is 46.9 Å². The average Bonchev–Trinajstić information content (AvgIpc) is 2.94. The summed E-state index contributed by atoms with van der Waals surface area (Å²) >= 11 is 7.61. The van der Waals surface area contributed by atoms with Crippen LogP contribution in [0.25, 0.3) is 0 Å². The van der Waals surface area contributed by atoms with Crippen molar-refractivity contribution in [1.29, 1.82) is 0 Å². The van der Waals surface area contributed by atoms with Gasteiger partial charge in [-0.1, -0.05) is 18.5 Å². The van der Waals surface area contributed by atoms with Gasteiger partial charge in [-0.15, -0.1) is 35.3 Å². The lowest BCUT2D eigenvalue weighted by Gasteiger charge is -2.30. The molecule has 5 nitrogen and oxygen atoms in total. The van der Waals surface area contributed by atoms with E-state index in [9.17, 15) is 0 Å². The molecule has 1 fully saturated rings. The second-order valence-electron chi connectivity index (χ2n) is 6.01. The Bertz CT molecular complexity index is 508. The summed E-state index contributed by atoms with van der Waals surface area (Å²) in [5.74, 6) is 1.48. The Hall–Kier alpha value is -0.0900. The molecule has 1 atom stereocenters. The van der Waals surface area contributed by atoms with Gasteiger partial charge in [0.1, 0.15) is 0 Å². The van der Waals surface area contributed by atoms with E-state index in [1.54, 1.807) is 11.3 Å². The summed E-state index contributed by atoms with van der Waals surface area (Å²) in [7, 11) is 3.88.